The molecule has 0 unspecified atom stereocenters. The summed E-state index contributed by atoms with van der Waals surface area (Å²) in [5, 5.41) is 9.97. The number of nitrogens with two attached hydrogens (primary N) is 1. The largest absolute Gasteiger partial charge is 0.508 e. The van der Waals surface area contributed by atoms with E-state index in [-0.39, 0.29) is 18.1 Å². The van der Waals surface area contributed by atoms with Crippen molar-refractivity contribution >= 4 is 11.7 Å². The van der Waals surface area contributed by atoms with Gasteiger partial charge in [0.05, 0.1) is 13.5 Å². The summed E-state index contributed by atoms with van der Waals surface area (Å²) in [6.07, 6.45) is 4.73. The van der Waals surface area contributed by atoms with Crippen molar-refractivity contribution in [1.82, 2.24) is 0 Å². The van der Waals surface area contributed by atoms with E-state index >= 15 is 0 Å². The lowest BCUT2D eigenvalue weighted by Crippen LogP contribution is -2.08. The van der Waals surface area contributed by atoms with Gasteiger partial charge in [0.25, 0.3) is 0 Å². The quantitative estimate of drug-likeness (QED) is 0.637. The standard InChI is InChI=1S/C14H19NO3/c1-18-14(17)7-10-6-11(9-4-2-3-5-9)13(16)8-12(10)15/h6,8-9,16H,2-5,7,15H2,1H3. The zero-order valence-corrected chi connectivity index (χ0v) is 10.6. The van der Waals surface area contributed by atoms with Crippen molar-refractivity contribution in [3.63, 3.8) is 0 Å². The van der Waals surface area contributed by atoms with Gasteiger partial charge < -0.3 is 15.6 Å². The number of hydrogen-bond donors (Lipinski definition) is 2. The van der Waals surface area contributed by atoms with E-state index in [0.29, 0.717) is 11.6 Å². The van der Waals surface area contributed by atoms with Crippen LogP contribution in [-0.2, 0) is 16.0 Å². The number of nitrogen functional groups attached to an aromatic ring is 1. The lowest BCUT2D eigenvalue weighted by Gasteiger charge is -2.15. The third-order valence-corrected chi connectivity index (χ3v) is 3.65. The van der Waals surface area contributed by atoms with E-state index in [1.165, 1.54) is 20.0 Å². The summed E-state index contributed by atoms with van der Waals surface area (Å²) in [5.41, 5.74) is 7.92. The van der Waals surface area contributed by atoms with E-state index in [9.17, 15) is 9.90 Å². The van der Waals surface area contributed by atoms with Crippen LogP contribution in [0, 0.1) is 0 Å². The van der Waals surface area contributed by atoms with Gasteiger partial charge >= 0.3 is 5.97 Å². The monoisotopic (exact) mass is 249 g/mol. The molecule has 1 aliphatic carbocycles. The van der Waals surface area contributed by atoms with Crippen molar-refractivity contribution < 1.29 is 14.6 Å². The number of phenols is 1. The van der Waals surface area contributed by atoms with Gasteiger partial charge in [0, 0.05) is 11.8 Å². The Labute approximate surface area is 107 Å². The van der Waals surface area contributed by atoms with Crippen LogP contribution in [-0.4, -0.2) is 18.2 Å². The molecule has 0 amide bonds. The highest BCUT2D eigenvalue weighted by molar-refractivity contribution is 5.75. The highest BCUT2D eigenvalue weighted by Crippen LogP contribution is 2.40. The molecule has 0 bridgehead atoms. The molecule has 18 heavy (non-hydrogen) atoms. The van der Waals surface area contributed by atoms with Crippen molar-refractivity contribution in [2.24, 2.45) is 0 Å². The summed E-state index contributed by atoms with van der Waals surface area (Å²) < 4.78 is 4.65. The fraction of sp³-hybridized carbons (Fsp3) is 0.500. The van der Waals surface area contributed by atoms with Crippen molar-refractivity contribution in [3.8, 4) is 5.75 Å². The second kappa shape index (κ2) is 5.29. The Morgan fingerprint density at radius 2 is 2.11 bits per heavy atom. The van der Waals surface area contributed by atoms with Crippen molar-refractivity contribution in [1.29, 1.82) is 0 Å². The molecule has 1 saturated carbocycles. The van der Waals surface area contributed by atoms with Gasteiger partial charge in [-0.05, 0) is 36.0 Å². The molecule has 0 heterocycles. The normalized spacial score (nSPS) is 15.8. The highest BCUT2D eigenvalue weighted by Gasteiger charge is 2.21. The van der Waals surface area contributed by atoms with Gasteiger partial charge in [-0.2, -0.15) is 0 Å². The van der Waals surface area contributed by atoms with Crippen LogP contribution in [0.4, 0.5) is 5.69 Å². The number of esters is 1. The molecule has 1 aromatic carbocycles. The fourth-order valence-corrected chi connectivity index (χ4v) is 2.61. The SMILES string of the molecule is COC(=O)Cc1cc(C2CCCC2)c(O)cc1N. The first kappa shape index (κ1) is 12.7. The van der Waals surface area contributed by atoms with E-state index in [0.717, 1.165) is 24.0 Å². The molecule has 1 fully saturated rings. The Kier molecular flexibility index (Phi) is 3.75. The van der Waals surface area contributed by atoms with E-state index in [1.54, 1.807) is 6.07 Å². The number of rotatable bonds is 3. The zero-order valence-electron chi connectivity index (χ0n) is 10.6. The molecular formula is C14H19NO3. The van der Waals surface area contributed by atoms with Gasteiger partial charge in [0.15, 0.2) is 0 Å². The summed E-state index contributed by atoms with van der Waals surface area (Å²) >= 11 is 0. The van der Waals surface area contributed by atoms with Crippen molar-refractivity contribution in [2.75, 3.05) is 12.8 Å². The number of carbonyl (C=O) groups excluding carboxylic acids is 1. The average molecular weight is 249 g/mol. The molecule has 0 radical (unpaired) electrons. The summed E-state index contributed by atoms with van der Waals surface area (Å²) in [6, 6.07) is 3.41. The number of methoxy groups -OCH3 is 1. The lowest BCUT2D eigenvalue weighted by atomic mass is 9.93. The van der Waals surface area contributed by atoms with Gasteiger partial charge in [-0.1, -0.05) is 12.8 Å². The molecular weight excluding hydrogens is 230 g/mol. The minimum atomic E-state index is -0.315. The van der Waals surface area contributed by atoms with Crippen LogP contribution >= 0.6 is 0 Å². The second-order valence-electron chi connectivity index (χ2n) is 4.84. The molecule has 98 valence electrons. The third-order valence-electron chi connectivity index (χ3n) is 3.65. The van der Waals surface area contributed by atoms with Crippen LogP contribution in [0.1, 0.15) is 42.7 Å². The van der Waals surface area contributed by atoms with Crippen LogP contribution in [0.25, 0.3) is 0 Å². The van der Waals surface area contributed by atoms with Gasteiger partial charge in [0.2, 0.25) is 0 Å². The average Bonchev–Trinajstić information content (AvgIpc) is 2.86. The topological polar surface area (TPSA) is 72.5 Å². The van der Waals surface area contributed by atoms with Crippen LogP contribution in [0.5, 0.6) is 5.75 Å². The molecule has 1 aromatic rings. The van der Waals surface area contributed by atoms with Crippen LogP contribution in [0.3, 0.4) is 0 Å². The van der Waals surface area contributed by atoms with Crippen LogP contribution < -0.4 is 5.73 Å². The summed E-state index contributed by atoms with van der Waals surface area (Å²) in [4.78, 5) is 11.3. The number of aromatic hydroxyl groups is 1. The predicted octanol–water partition coefficient (Wildman–Crippen LogP) is 2.35. The first-order valence-corrected chi connectivity index (χ1v) is 6.30. The molecule has 0 saturated heterocycles. The molecule has 0 atom stereocenters. The molecule has 4 nitrogen and oxygen atoms in total. The van der Waals surface area contributed by atoms with Gasteiger partial charge in [-0.25, -0.2) is 0 Å². The van der Waals surface area contributed by atoms with Gasteiger partial charge in [0.1, 0.15) is 5.75 Å². The van der Waals surface area contributed by atoms with E-state index in [4.69, 9.17) is 5.73 Å². The fourth-order valence-electron chi connectivity index (χ4n) is 2.61. The minimum absolute atomic E-state index is 0.155. The second-order valence-corrected chi connectivity index (χ2v) is 4.84. The van der Waals surface area contributed by atoms with Crippen LogP contribution in [0.15, 0.2) is 12.1 Å². The number of hydrogen-bond acceptors (Lipinski definition) is 4. The summed E-state index contributed by atoms with van der Waals surface area (Å²) in [6.45, 7) is 0. The smallest absolute Gasteiger partial charge is 0.310 e. The Hall–Kier alpha value is -1.71. The maximum absolute atomic E-state index is 11.3. The Morgan fingerprint density at radius 1 is 1.44 bits per heavy atom. The lowest BCUT2D eigenvalue weighted by molar-refractivity contribution is -0.139. The van der Waals surface area contributed by atoms with E-state index < -0.39 is 0 Å². The number of phenolic OH excluding ortho intramolecular Hbond substituents is 1. The van der Waals surface area contributed by atoms with E-state index in [2.05, 4.69) is 4.74 Å². The number of carbonyl (C=O) groups is 1. The number of benzene rings is 1. The Bertz CT molecular complexity index is 451. The Morgan fingerprint density at radius 3 is 2.72 bits per heavy atom. The van der Waals surface area contributed by atoms with Crippen molar-refractivity contribution in [3.05, 3.63) is 23.3 Å². The minimum Gasteiger partial charge on any atom is -0.508 e. The molecule has 0 aliphatic heterocycles. The van der Waals surface area contributed by atoms with Crippen molar-refractivity contribution in [2.45, 2.75) is 38.0 Å². The molecule has 3 N–H and O–H groups in total. The molecule has 0 aromatic heterocycles. The number of anilines is 1. The molecule has 4 heteroatoms. The van der Waals surface area contributed by atoms with Crippen LogP contribution in [0.2, 0.25) is 0 Å². The molecule has 1 aliphatic rings. The maximum atomic E-state index is 11.3. The van der Waals surface area contributed by atoms with Gasteiger partial charge in [-0.15, -0.1) is 0 Å². The first-order valence-electron chi connectivity index (χ1n) is 6.30. The molecule has 0 spiro atoms. The van der Waals surface area contributed by atoms with E-state index in [1.807, 2.05) is 6.07 Å². The highest BCUT2D eigenvalue weighted by atomic mass is 16.5. The summed E-state index contributed by atoms with van der Waals surface area (Å²) in [5.74, 6) is 0.319. The first-order chi connectivity index (χ1) is 8.61. The predicted molar refractivity (Wildman–Crippen MR) is 69.4 cm³/mol. The number of ether oxygens (including phenoxy) is 1. The maximum Gasteiger partial charge on any atom is 0.310 e. The van der Waals surface area contributed by atoms with Gasteiger partial charge in [-0.3, -0.25) is 4.79 Å². The Balaban J connectivity index is 2.29. The summed E-state index contributed by atoms with van der Waals surface area (Å²) in [7, 11) is 1.36. The molecule has 2 rings (SSSR count). The third kappa shape index (κ3) is 2.58. The zero-order chi connectivity index (χ0) is 13.1.